The van der Waals surface area contributed by atoms with E-state index in [0.717, 1.165) is 0 Å². The van der Waals surface area contributed by atoms with Gasteiger partial charge >= 0.3 is 11.8 Å². The van der Waals surface area contributed by atoms with Gasteiger partial charge in [-0.15, -0.1) is 0 Å². The van der Waals surface area contributed by atoms with Gasteiger partial charge in [-0.05, 0) is 24.3 Å². The van der Waals surface area contributed by atoms with E-state index in [1.54, 1.807) is 31.2 Å². The van der Waals surface area contributed by atoms with Crippen LogP contribution in [-0.2, 0) is 9.53 Å². The summed E-state index contributed by atoms with van der Waals surface area (Å²) in [5.41, 5.74) is 0. The van der Waals surface area contributed by atoms with E-state index < -0.39 is 11.8 Å². The van der Waals surface area contributed by atoms with Crippen LogP contribution in [0, 0.1) is 0 Å². The molecule has 4 nitrogen and oxygen atoms in total. The zero-order valence-corrected chi connectivity index (χ0v) is 9.82. The summed E-state index contributed by atoms with van der Waals surface area (Å²) in [7, 11) is 1.19. The fourth-order valence-electron chi connectivity index (χ4n) is 1.12. The van der Waals surface area contributed by atoms with Crippen LogP contribution in [0.3, 0.4) is 0 Å². The van der Waals surface area contributed by atoms with Crippen LogP contribution >= 0.6 is 11.6 Å². The van der Waals surface area contributed by atoms with Crippen LogP contribution < -0.4 is 4.74 Å². The summed E-state index contributed by atoms with van der Waals surface area (Å²) in [6, 6.07) is 6.33. The first-order valence-electron chi connectivity index (χ1n) is 4.77. The number of ether oxygens (including phenoxy) is 2. The molecule has 1 unspecified atom stereocenters. The van der Waals surface area contributed by atoms with Crippen LogP contribution in [0.4, 0.5) is 0 Å². The van der Waals surface area contributed by atoms with Crippen molar-refractivity contribution in [2.24, 2.45) is 0 Å². The van der Waals surface area contributed by atoms with Crippen molar-refractivity contribution >= 4 is 17.6 Å². The first-order chi connectivity index (χ1) is 7.51. The maximum Gasteiger partial charge on any atom is 0.379 e. The Hall–Kier alpha value is -1.26. The highest BCUT2D eigenvalue weighted by Crippen LogP contribution is 2.22. The van der Waals surface area contributed by atoms with Crippen molar-refractivity contribution in [3.63, 3.8) is 0 Å². The van der Waals surface area contributed by atoms with E-state index in [9.17, 15) is 9.90 Å². The van der Waals surface area contributed by atoms with Gasteiger partial charge in [-0.3, -0.25) is 0 Å². The molecule has 1 aromatic rings. The molecule has 0 aliphatic heterocycles. The summed E-state index contributed by atoms with van der Waals surface area (Å²) in [6.45, 7) is 1.62. The lowest BCUT2D eigenvalue weighted by Gasteiger charge is -2.24. The van der Waals surface area contributed by atoms with Gasteiger partial charge in [0, 0.05) is 11.4 Å². The number of carbonyl (C=O) groups is 1. The Morgan fingerprint density at radius 1 is 1.44 bits per heavy atom. The number of esters is 1. The van der Waals surface area contributed by atoms with E-state index in [-0.39, 0.29) is 6.42 Å². The lowest BCUT2D eigenvalue weighted by molar-refractivity contribution is -0.198. The van der Waals surface area contributed by atoms with E-state index in [1.807, 2.05) is 0 Å². The third kappa shape index (κ3) is 2.87. The van der Waals surface area contributed by atoms with Crippen LogP contribution in [0.5, 0.6) is 5.75 Å². The number of methoxy groups -OCH3 is 1. The van der Waals surface area contributed by atoms with Gasteiger partial charge in [0.05, 0.1) is 7.11 Å². The van der Waals surface area contributed by atoms with Gasteiger partial charge in [0.15, 0.2) is 0 Å². The molecule has 0 aliphatic carbocycles. The molecule has 1 atom stereocenters. The highest BCUT2D eigenvalue weighted by atomic mass is 35.5. The average Bonchev–Trinajstić information content (AvgIpc) is 2.31. The Bertz CT molecular complexity index is 363. The molecule has 0 bridgehead atoms. The molecule has 0 radical (unpaired) electrons. The largest absolute Gasteiger partial charge is 0.464 e. The fourth-order valence-corrected chi connectivity index (χ4v) is 1.24. The van der Waals surface area contributed by atoms with E-state index in [1.165, 1.54) is 7.11 Å². The third-order valence-electron chi connectivity index (χ3n) is 2.08. The van der Waals surface area contributed by atoms with Crippen LogP contribution in [0.1, 0.15) is 13.3 Å². The molecule has 1 N–H and O–H groups in total. The summed E-state index contributed by atoms with van der Waals surface area (Å²) in [4.78, 5) is 11.3. The summed E-state index contributed by atoms with van der Waals surface area (Å²) in [5, 5.41) is 10.4. The molecule has 1 rings (SSSR count). The minimum atomic E-state index is -1.96. The zero-order chi connectivity index (χ0) is 12.2. The fraction of sp³-hybridized carbons (Fsp3) is 0.364. The molecule has 0 aromatic heterocycles. The van der Waals surface area contributed by atoms with Gasteiger partial charge in [0.1, 0.15) is 5.75 Å². The molecule has 0 heterocycles. The van der Waals surface area contributed by atoms with E-state index >= 15 is 0 Å². The normalized spacial score (nSPS) is 14.0. The van der Waals surface area contributed by atoms with Crippen molar-refractivity contribution < 1.29 is 19.4 Å². The molecule has 0 fully saturated rings. The van der Waals surface area contributed by atoms with Crippen LogP contribution in [0.15, 0.2) is 24.3 Å². The topological polar surface area (TPSA) is 55.8 Å². The smallest absolute Gasteiger partial charge is 0.379 e. The molecule has 0 saturated heterocycles. The second kappa shape index (κ2) is 5.18. The van der Waals surface area contributed by atoms with E-state index in [2.05, 4.69) is 4.74 Å². The number of carbonyl (C=O) groups excluding carboxylic acids is 1. The third-order valence-corrected chi connectivity index (χ3v) is 2.34. The number of rotatable bonds is 4. The molecule has 16 heavy (non-hydrogen) atoms. The highest BCUT2D eigenvalue weighted by Gasteiger charge is 2.38. The summed E-state index contributed by atoms with van der Waals surface area (Å²) < 4.78 is 9.64. The predicted molar refractivity (Wildman–Crippen MR) is 59.3 cm³/mol. The molecule has 0 spiro atoms. The van der Waals surface area contributed by atoms with E-state index in [0.29, 0.717) is 10.8 Å². The van der Waals surface area contributed by atoms with Gasteiger partial charge in [0.2, 0.25) is 0 Å². The summed E-state index contributed by atoms with van der Waals surface area (Å²) in [5.74, 6) is -2.44. The summed E-state index contributed by atoms with van der Waals surface area (Å²) >= 11 is 5.70. The summed E-state index contributed by atoms with van der Waals surface area (Å²) in [6.07, 6.45) is 0.0856. The molecule has 0 saturated carbocycles. The second-order valence-electron chi connectivity index (χ2n) is 3.19. The van der Waals surface area contributed by atoms with Crippen molar-refractivity contribution in [1.82, 2.24) is 0 Å². The predicted octanol–water partition coefficient (Wildman–Crippen LogP) is 1.99. The van der Waals surface area contributed by atoms with Crippen molar-refractivity contribution in [1.29, 1.82) is 0 Å². The van der Waals surface area contributed by atoms with Crippen molar-refractivity contribution in [2.75, 3.05) is 7.11 Å². The number of benzene rings is 1. The maximum absolute atomic E-state index is 11.3. The molecule has 88 valence electrons. The van der Waals surface area contributed by atoms with Gasteiger partial charge in [-0.2, -0.15) is 0 Å². The molecular weight excluding hydrogens is 232 g/mol. The quantitative estimate of drug-likeness (QED) is 0.650. The Kier molecular flexibility index (Phi) is 4.15. The first-order valence-corrected chi connectivity index (χ1v) is 5.15. The van der Waals surface area contributed by atoms with Crippen LogP contribution in [-0.4, -0.2) is 24.0 Å². The minimum Gasteiger partial charge on any atom is -0.464 e. The van der Waals surface area contributed by atoms with Crippen LogP contribution in [0.2, 0.25) is 5.02 Å². The van der Waals surface area contributed by atoms with Crippen molar-refractivity contribution in [3.8, 4) is 5.75 Å². The minimum absolute atomic E-state index is 0.0856. The van der Waals surface area contributed by atoms with Gasteiger partial charge in [-0.25, -0.2) is 4.79 Å². The second-order valence-corrected chi connectivity index (χ2v) is 3.62. The molecule has 0 amide bonds. The van der Waals surface area contributed by atoms with Crippen molar-refractivity contribution in [3.05, 3.63) is 29.3 Å². The van der Waals surface area contributed by atoms with E-state index in [4.69, 9.17) is 16.3 Å². The van der Waals surface area contributed by atoms with Gasteiger partial charge in [-0.1, -0.05) is 18.5 Å². The van der Waals surface area contributed by atoms with Gasteiger partial charge in [0.25, 0.3) is 0 Å². The average molecular weight is 245 g/mol. The molecule has 1 aromatic carbocycles. The molecular formula is C11H13ClO4. The Balaban J connectivity index is 2.84. The lowest BCUT2D eigenvalue weighted by atomic mass is 10.2. The van der Waals surface area contributed by atoms with Crippen LogP contribution in [0.25, 0.3) is 0 Å². The first kappa shape index (κ1) is 12.8. The Morgan fingerprint density at radius 3 is 2.44 bits per heavy atom. The maximum atomic E-state index is 11.3. The molecule has 0 aliphatic rings. The number of halogens is 1. The lowest BCUT2D eigenvalue weighted by Crippen LogP contribution is -2.44. The number of hydrogen-bond acceptors (Lipinski definition) is 4. The SMILES string of the molecule is CCC(O)(Oc1ccc(Cl)cc1)C(=O)OC. The Labute approximate surface area is 98.7 Å². The van der Waals surface area contributed by atoms with Gasteiger partial charge < -0.3 is 14.6 Å². The Morgan fingerprint density at radius 2 is 2.00 bits per heavy atom. The highest BCUT2D eigenvalue weighted by molar-refractivity contribution is 6.30. The zero-order valence-electron chi connectivity index (χ0n) is 9.07. The monoisotopic (exact) mass is 244 g/mol. The number of aliphatic hydroxyl groups is 1. The molecule has 5 heteroatoms. The number of hydrogen-bond donors (Lipinski definition) is 1. The van der Waals surface area contributed by atoms with Crippen molar-refractivity contribution in [2.45, 2.75) is 19.1 Å². The standard InChI is InChI=1S/C11H13ClO4/c1-3-11(14,10(13)15-2)16-9-6-4-8(12)5-7-9/h4-7,14H,3H2,1-2H3.